The number of ether oxygens (including phenoxy) is 1. The van der Waals surface area contributed by atoms with Crippen molar-refractivity contribution in [3.05, 3.63) is 28.2 Å². The molecule has 0 saturated carbocycles. The Kier molecular flexibility index (Phi) is 7.29. The lowest BCUT2D eigenvalue weighted by Gasteiger charge is -2.10. The molecule has 0 aliphatic rings. The first-order valence-corrected chi connectivity index (χ1v) is 7.19. The van der Waals surface area contributed by atoms with Crippen LogP contribution in [0.1, 0.15) is 38.7 Å². The first kappa shape index (κ1) is 14.5. The fraction of sp³-hybridized carbons (Fsp3) is 0.571. The third-order valence-electron chi connectivity index (χ3n) is 2.60. The molecule has 1 N–H and O–H groups in total. The minimum atomic E-state index is 0.816. The average Bonchev–Trinajstić information content (AvgIpc) is 2.35. The number of benzene rings is 1. The number of halogens is 1. The zero-order valence-corrected chi connectivity index (χ0v) is 12.3. The van der Waals surface area contributed by atoms with Gasteiger partial charge in [-0.25, -0.2) is 0 Å². The summed E-state index contributed by atoms with van der Waals surface area (Å²) in [5.41, 5.74) is 1.25. The molecule has 0 unspecified atom stereocenters. The second-order valence-corrected chi connectivity index (χ2v) is 4.94. The van der Waals surface area contributed by atoms with Crippen molar-refractivity contribution in [2.45, 2.75) is 39.7 Å². The summed E-state index contributed by atoms with van der Waals surface area (Å²) in [6.07, 6.45) is 3.60. The highest BCUT2D eigenvalue weighted by Gasteiger charge is 2.02. The Hall–Kier alpha value is -0.540. The topological polar surface area (TPSA) is 21.3 Å². The third-order valence-corrected chi connectivity index (χ3v) is 3.37. The molecule has 1 aromatic rings. The van der Waals surface area contributed by atoms with Crippen molar-refractivity contribution in [3.8, 4) is 5.75 Å². The van der Waals surface area contributed by atoms with E-state index in [1.807, 2.05) is 6.07 Å². The van der Waals surface area contributed by atoms with Gasteiger partial charge in [-0.3, -0.25) is 0 Å². The van der Waals surface area contributed by atoms with Crippen LogP contribution in [-0.4, -0.2) is 13.2 Å². The Bertz CT molecular complexity index is 328. The second-order valence-electron chi connectivity index (χ2n) is 4.09. The van der Waals surface area contributed by atoms with Crippen molar-refractivity contribution in [2.75, 3.05) is 13.2 Å². The molecular weight excluding hydrogens is 278 g/mol. The molecule has 0 fully saturated rings. The highest BCUT2D eigenvalue weighted by Crippen LogP contribution is 2.22. The Labute approximate surface area is 113 Å². The van der Waals surface area contributed by atoms with Crippen LogP contribution >= 0.6 is 15.9 Å². The molecule has 3 heteroatoms. The molecule has 17 heavy (non-hydrogen) atoms. The summed E-state index contributed by atoms with van der Waals surface area (Å²) in [6, 6.07) is 6.19. The van der Waals surface area contributed by atoms with E-state index in [1.54, 1.807) is 0 Å². The summed E-state index contributed by atoms with van der Waals surface area (Å²) in [7, 11) is 0. The average molecular weight is 300 g/mol. The Morgan fingerprint density at radius 1 is 1.24 bits per heavy atom. The third kappa shape index (κ3) is 5.55. The Morgan fingerprint density at radius 2 is 2.06 bits per heavy atom. The highest BCUT2D eigenvalue weighted by atomic mass is 79.9. The summed E-state index contributed by atoms with van der Waals surface area (Å²) < 4.78 is 6.87. The van der Waals surface area contributed by atoms with Gasteiger partial charge in [0.2, 0.25) is 0 Å². The van der Waals surface area contributed by atoms with Crippen molar-refractivity contribution in [1.29, 1.82) is 0 Å². The van der Waals surface area contributed by atoms with Gasteiger partial charge in [-0.1, -0.05) is 42.6 Å². The highest BCUT2D eigenvalue weighted by molar-refractivity contribution is 9.10. The maximum Gasteiger partial charge on any atom is 0.119 e. The van der Waals surface area contributed by atoms with Gasteiger partial charge in [-0.05, 0) is 36.7 Å². The van der Waals surface area contributed by atoms with E-state index >= 15 is 0 Å². The van der Waals surface area contributed by atoms with Crippen LogP contribution in [0.2, 0.25) is 0 Å². The van der Waals surface area contributed by atoms with Crippen LogP contribution < -0.4 is 10.1 Å². The van der Waals surface area contributed by atoms with Crippen LogP contribution in [0, 0.1) is 0 Å². The SMILES string of the molecule is CCCCCOc1ccc(Br)c(CNCC)c1. The van der Waals surface area contributed by atoms with E-state index < -0.39 is 0 Å². The Balaban J connectivity index is 2.49. The Morgan fingerprint density at radius 3 is 2.76 bits per heavy atom. The van der Waals surface area contributed by atoms with E-state index in [0.717, 1.165) is 36.3 Å². The van der Waals surface area contributed by atoms with Gasteiger partial charge in [0.25, 0.3) is 0 Å². The van der Waals surface area contributed by atoms with Crippen molar-refractivity contribution in [3.63, 3.8) is 0 Å². The standard InChI is InChI=1S/C14H22BrNO/c1-3-5-6-9-17-13-7-8-14(15)12(10-13)11-16-4-2/h7-8,10,16H,3-6,9,11H2,1-2H3. The van der Waals surface area contributed by atoms with Crippen LogP contribution in [0.15, 0.2) is 22.7 Å². The molecular formula is C14H22BrNO. The maximum atomic E-state index is 5.74. The number of rotatable bonds is 8. The minimum Gasteiger partial charge on any atom is -0.494 e. The van der Waals surface area contributed by atoms with Crippen molar-refractivity contribution in [1.82, 2.24) is 5.32 Å². The lowest BCUT2D eigenvalue weighted by molar-refractivity contribution is 0.306. The van der Waals surface area contributed by atoms with Crippen LogP contribution in [0.3, 0.4) is 0 Å². The number of unbranched alkanes of at least 4 members (excludes halogenated alkanes) is 2. The summed E-state index contributed by atoms with van der Waals surface area (Å²) in [6.45, 7) is 6.99. The molecule has 0 amide bonds. The molecule has 0 bridgehead atoms. The van der Waals surface area contributed by atoms with E-state index in [-0.39, 0.29) is 0 Å². The fourth-order valence-electron chi connectivity index (χ4n) is 1.58. The van der Waals surface area contributed by atoms with Crippen LogP contribution in [0.25, 0.3) is 0 Å². The smallest absolute Gasteiger partial charge is 0.119 e. The molecule has 1 rings (SSSR count). The lowest BCUT2D eigenvalue weighted by Crippen LogP contribution is -2.12. The largest absolute Gasteiger partial charge is 0.494 e. The van der Waals surface area contributed by atoms with E-state index in [1.165, 1.54) is 18.4 Å². The van der Waals surface area contributed by atoms with E-state index in [9.17, 15) is 0 Å². The molecule has 0 atom stereocenters. The minimum absolute atomic E-state index is 0.816. The van der Waals surface area contributed by atoms with Gasteiger partial charge in [-0.2, -0.15) is 0 Å². The number of hydrogen-bond donors (Lipinski definition) is 1. The van der Waals surface area contributed by atoms with E-state index in [4.69, 9.17) is 4.74 Å². The van der Waals surface area contributed by atoms with Crippen molar-refractivity contribution >= 4 is 15.9 Å². The van der Waals surface area contributed by atoms with Crippen LogP contribution in [0.5, 0.6) is 5.75 Å². The van der Waals surface area contributed by atoms with Crippen LogP contribution in [0.4, 0.5) is 0 Å². The molecule has 0 spiro atoms. The normalized spacial score (nSPS) is 10.5. The predicted octanol–water partition coefficient (Wildman–Crippen LogP) is 4.13. The summed E-state index contributed by atoms with van der Waals surface area (Å²) >= 11 is 3.56. The predicted molar refractivity (Wildman–Crippen MR) is 76.5 cm³/mol. The van der Waals surface area contributed by atoms with Gasteiger partial charge in [0, 0.05) is 11.0 Å². The van der Waals surface area contributed by atoms with Gasteiger partial charge >= 0.3 is 0 Å². The summed E-state index contributed by atoms with van der Waals surface area (Å²) in [4.78, 5) is 0. The zero-order valence-electron chi connectivity index (χ0n) is 10.8. The van der Waals surface area contributed by atoms with Gasteiger partial charge in [-0.15, -0.1) is 0 Å². The molecule has 0 aliphatic carbocycles. The molecule has 1 aromatic carbocycles. The molecule has 0 saturated heterocycles. The lowest BCUT2D eigenvalue weighted by atomic mass is 10.2. The summed E-state index contributed by atoms with van der Waals surface area (Å²) in [5, 5.41) is 3.32. The van der Waals surface area contributed by atoms with Crippen molar-refractivity contribution in [2.24, 2.45) is 0 Å². The molecule has 96 valence electrons. The molecule has 0 radical (unpaired) electrons. The van der Waals surface area contributed by atoms with Crippen molar-refractivity contribution < 1.29 is 4.74 Å². The van der Waals surface area contributed by atoms with E-state index in [2.05, 4.69) is 47.2 Å². The quantitative estimate of drug-likeness (QED) is 0.729. The maximum absolute atomic E-state index is 5.74. The number of hydrogen-bond acceptors (Lipinski definition) is 2. The van der Waals surface area contributed by atoms with Gasteiger partial charge in [0.1, 0.15) is 5.75 Å². The van der Waals surface area contributed by atoms with Gasteiger partial charge in [0.05, 0.1) is 6.61 Å². The van der Waals surface area contributed by atoms with Gasteiger partial charge < -0.3 is 10.1 Å². The molecule has 2 nitrogen and oxygen atoms in total. The fourth-order valence-corrected chi connectivity index (χ4v) is 1.96. The first-order chi connectivity index (χ1) is 8.27. The zero-order chi connectivity index (χ0) is 12.5. The molecule has 0 heterocycles. The van der Waals surface area contributed by atoms with E-state index in [0.29, 0.717) is 0 Å². The van der Waals surface area contributed by atoms with Crippen LogP contribution in [-0.2, 0) is 6.54 Å². The monoisotopic (exact) mass is 299 g/mol. The molecule has 0 aromatic heterocycles. The second kappa shape index (κ2) is 8.54. The molecule has 0 aliphatic heterocycles. The summed E-state index contributed by atoms with van der Waals surface area (Å²) in [5.74, 6) is 0.970. The van der Waals surface area contributed by atoms with Gasteiger partial charge in [0.15, 0.2) is 0 Å². The first-order valence-electron chi connectivity index (χ1n) is 6.39. The number of nitrogens with one attached hydrogen (secondary N) is 1.